The topological polar surface area (TPSA) is 87.3 Å². The number of nitrogens with one attached hydrogen (secondary N) is 3. The minimum atomic E-state index is -0.544. The van der Waals surface area contributed by atoms with Gasteiger partial charge < -0.3 is 16.0 Å². The van der Waals surface area contributed by atoms with Crippen LogP contribution in [0.25, 0.3) is 6.08 Å². The molecule has 0 heterocycles. The number of halogens is 3. The normalized spacial score (nSPS) is 11.1. The molecule has 0 bridgehead atoms. The van der Waals surface area contributed by atoms with Gasteiger partial charge in [0, 0.05) is 36.9 Å². The average Bonchev–Trinajstić information content (AvgIpc) is 2.96. The number of hydrogen-bond donors (Lipinski definition) is 3. The van der Waals surface area contributed by atoms with E-state index in [4.69, 9.17) is 34.8 Å². The molecule has 208 valence electrons. The van der Waals surface area contributed by atoms with Crippen molar-refractivity contribution < 1.29 is 14.4 Å². The van der Waals surface area contributed by atoms with Crippen molar-refractivity contribution in [2.45, 2.75) is 11.8 Å². The number of benzene rings is 4. The fourth-order valence-corrected chi connectivity index (χ4v) is 4.95. The van der Waals surface area contributed by atoms with E-state index in [0.717, 1.165) is 10.5 Å². The molecule has 4 rings (SSSR count). The van der Waals surface area contributed by atoms with Gasteiger partial charge in [-0.25, -0.2) is 0 Å². The third-order valence-corrected chi connectivity index (χ3v) is 7.56. The van der Waals surface area contributed by atoms with Crippen molar-refractivity contribution in [2.24, 2.45) is 0 Å². The Balaban J connectivity index is 1.43. The SMILES string of the molecule is Cc1ccc(Cl)cc1NC(=O)CSc1ccc(NC(=O)/C(=C/c2ccc(Cl)cc2Cl)NC(=O)c2ccccc2)cc1. The summed E-state index contributed by atoms with van der Waals surface area (Å²) in [5.74, 6) is -0.965. The van der Waals surface area contributed by atoms with Gasteiger partial charge in [0.1, 0.15) is 5.70 Å². The van der Waals surface area contributed by atoms with Gasteiger partial charge in [0.25, 0.3) is 11.8 Å². The maximum absolute atomic E-state index is 13.3. The van der Waals surface area contributed by atoms with Gasteiger partial charge in [-0.1, -0.05) is 65.1 Å². The predicted molar refractivity (Wildman–Crippen MR) is 169 cm³/mol. The van der Waals surface area contributed by atoms with E-state index in [2.05, 4.69) is 16.0 Å². The summed E-state index contributed by atoms with van der Waals surface area (Å²) < 4.78 is 0. The highest BCUT2D eigenvalue weighted by atomic mass is 35.5. The summed E-state index contributed by atoms with van der Waals surface area (Å²) in [7, 11) is 0. The van der Waals surface area contributed by atoms with Gasteiger partial charge in [-0.3, -0.25) is 14.4 Å². The van der Waals surface area contributed by atoms with Crippen molar-refractivity contribution in [3.63, 3.8) is 0 Å². The van der Waals surface area contributed by atoms with Crippen molar-refractivity contribution >= 4 is 81.7 Å². The number of carbonyl (C=O) groups is 3. The molecule has 6 nitrogen and oxygen atoms in total. The minimum Gasteiger partial charge on any atom is -0.325 e. The molecule has 0 aliphatic rings. The predicted octanol–water partition coefficient (Wildman–Crippen LogP) is 8.10. The molecule has 10 heteroatoms. The summed E-state index contributed by atoms with van der Waals surface area (Å²) in [4.78, 5) is 39.4. The van der Waals surface area contributed by atoms with Crippen LogP contribution in [0.15, 0.2) is 102 Å². The number of rotatable bonds is 9. The Morgan fingerprint density at radius 2 is 1.49 bits per heavy atom. The second-order valence-corrected chi connectivity index (χ2v) is 11.1. The lowest BCUT2D eigenvalue weighted by Crippen LogP contribution is -2.30. The molecule has 0 aromatic heterocycles. The lowest BCUT2D eigenvalue weighted by molar-refractivity contribution is -0.114. The van der Waals surface area contributed by atoms with E-state index in [-0.39, 0.29) is 17.4 Å². The molecule has 0 atom stereocenters. The Morgan fingerprint density at radius 1 is 0.805 bits per heavy atom. The van der Waals surface area contributed by atoms with Crippen LogP contribution in [-0.4, -0.2) is 23.5 Å². The van der Waals surface area contributed by atoms with E-state index in [1.165, 1.54) is 17.8 Å². The summed E-state index contributed by atoms with van der Waals surface area (Å²) >= 11 is 19.7. The van der Waals surface area contributed by atoms with Crippen LogP contribution in [0.2, 0.25) is 15.1 Å². The molecule has 41 heavy (non-hydrogen) atoms. The van der Waals surface area contributed by atoms with Crippen molar-refractivity contribution in [3.05, 3.63) is 128 Å². The number of carbonyl (C=O) groups excluding carboxylic acids is 3. The summed E-state index contributed by atoms with van der Waals surface area (Å²) in [6.07, 6.45) is 1.49. The fraction of sp³-hybridized carbons (Fsp3) is 0.0645. The Morgan fingerprint density at radius 3 is 2.20 bits per heavy atom. The van der Waals surface area contributed by atoms with Crippen LogP contribution in [0.1, 0.15) is 21.5 Å². The van der Waals surface area contributed by atoms with Crippen LogP contribution >= 0.6 is 46.6 Å². The highest BCUT2D eigenvalue weighted by Gasteiger charge is 2.16. The van der Waals surface area contributed by atoms with Crippen molar-refractivity contribution in [1.82, 2.24) is 5.32 Å². The number of aryl methyl sites for hydroxylation is 1. The van der Waals surface area contributed by atoms with Crippen LogP contribution in [0.4, 0.5) is 11.4 Å². The van der Waals surface area contributed by atoms with Crippen LogP contribution in [0.5, 0.6) is 0 Å². The Bertz CT molecular complexity index is 1610. The van der Waals surface area contributed by atoms with Gasteiger partial charge in [-0.2, -0.15) is 0 Å². The molecule has 0 unspecified atom stereocenters. The van der Waals surface area contributed by atoms with Crippen LogP contribution < -0.4 is 16.0 Å². The quantitative estimate of drug-likeness (QED) is 0.130. The zero-order chi connectivity index (χ0) is 29.4. The molecule has 3 N–H and O–H groups in total. The summed E-state index contributed by atoms with van der Waals surface area (Å²) in [6, 6.07) is 25.7. The Hall–Kier alpha value is -3.75. The van der Waals surface area contributed by atoms with Crippen molar-refractivity contribution in [3.8, 4) is 0 Å². The van der Waals surface area contributed by atoms with Gasteiger partial charge in [0.05, 0.1) is 5.75 Å². The van der Waals surface area contributed by atoms with Crippen LogP contribution in [0.3, 0.4) is 0 Å². The molecule has 0 saturated carbocycles. The van der Waals surface area contributed by atoms with Gasteiger partial charge in [-0.05, 0) is 84.8 Å². The number of thioether (sulfide) groups is 1. The van der Waals surface area contributed by atoms with Crippen molar-refractivity contribution in [2.75, 3.05) is 16.4 Å². The third kappa shape index (κ3) is 8.87. The van der Waals surface area contributed by atoms with Gasteiger partial charge in [0.2, 0.25) is 5.91 Å². The molecule has 3 amide bonds. The smallest absolute Gasteiger partial charge is 0.272 e. The monoisotopic (exact) mass is 623 g/mol. The molecular formula is C31H24Cl3N3O3S. The third-order valence-electron chi connectivity index (χ3n) is 5.75. The van der Waals surface area contributed by atoms with Gasteiger partial charge in [-0.15, -0.1) is 11.8 Å². The Kier molecular flexibility index (Phi) is 10.5. The van der Waals surface area contributed by atoms with Gasteiger partial charge in [0.15, 0.2) is 0 Å². The first-order valence-electron chi connectivity index (χ1n) is 12.3. The van der Waals surface area contributed by atoms with E-state index < -0.39 is 11.8 Å². The molecule has 0 spiro atoms. The van der Waals surface area contributed by atoms with E-state index in [0.29, 0.717) is 37.6 Å². The zero-order valence-electron chi connectivity index (χ0n) is 21.7. The lowest BCUT2D eigenvalue weighted by Gasteiger charge is -2.12. The lowest BCUT2D eigenvalue weighted by atomic mass is 10.1. The minimum absolute atomic E-state index is 0.00509. The maximum atomic E-state index is 13.3. The first kappa shape index (κ1) is 30.2. The number of amides is 3. The van der Waals surface area contributed by atoms with E-state index in [1.807, 2.05) is 13.0 Å². The standard InChI is InChI=1S/C31H24Cl3N3O3S/c1-19-7-9-23(33)17-27(19)36-29(38)18-41-25-13-11-24(12-14-25)35-31(40)28(15-21-8-10-22(32)16-26(21)34)37-30(39)20-5-3-2-4-6-20/h2-17H,18H2,1H3,(H,35,40)(H,36,38)(H,37,39)/b28-15-. The molecule has 4 aromatic rings. The molecule has 0 aliphatic heterocycles. The molecule has 4 aromatic carbocycles. The number of hydrogen-bond acceptors (Lipinski definition) is 4. The largest absolute Gasteiger partial charge is 0.325 e. The summed E-state index contributed by atoms with van der Waals surface area (Å²) in [5, 5.41) is 9.66. The molecule has 0 radical (unpaired) electrons. The second kappa shape index (κ2) is 14.2. The first-order chi connectivity index (χ1) is 19.7. The first-order valence-corrected chi connectivity index (χ1v) is 14.4. The average molecular weight is 625 g/mol. The molecule has 0 aliphatic carbocycles. The van der Waals surface area contributed by atoms with Crippen LogP contribution in [-0.2, 0) is 9.59 Å². The van der Waals surface area contributed by atoms with Crippen LogP contribution in [0, 0.1) is 6.92 Å². The fourth-order valence-electron chi connectivity index (χ4n) is 3.61. The van der Waals surface area contributed by atoms with Crippen molar-refractivity contribution in [1.29, 1.82) is 0 Å². The highest BCUT2D eigenvalue weighted by Crippen LogP contribution is 2.25. The second-order valence-electron chi connectivity index (χ2n) is 8.82. The summed E-state index contributed by atoms with van der Waals surface area (Å²) in [6.45, 7) is 1.89. The maximum Gasteiger partial charge on any atom is 0.272 e. The van der Waals surface area contributed by atoms with E-state index in [1.54, 1.807) is 84.9 Å². The molecule has 0 saturated heterocycles. The summed E-state index contributed by atoms with van der Waals surface area (Å²) in [5.41, 5.74) is 2.98. The van der Waals surface area contributed by atoms with E-state index in [9.17, 15) is 14.4 Å². The molecular weight excluding hydrogens is 601 g/mol. The Labute approximate surface area is 257 Å². The zero-order valence-corrected chi connectivity index (χ0v) is 24.8. The molecule has 0 fully saturated rings. The number of anilines is 2. The van der Waals surface area contributed by atoms with E-state index >= 15 is 0 Å². The highest BCUT2D eigenvalue weighted by molar-refractivity contribution is 8.00. The van der Waals surface area contributed by atoms with Gasteiger partial charge >= 0.3 is 0 Å².